The molecule has 1 aliphatic heterocycles. The average Bonchev–Trinajstić information content (AvgIpc) is 3.15. The van der Waals surface area contributed by atoms with Gasteiger partial charge in [0.2, 0.25) is 0 Å². The maximum atomic E-state index is 6.83. The Hall–Kier alpha value is -0.340. The smallest absolute Gasteiger partial charge is 0.0749 e. The van der Waals surface area contributed by atoms with Gasteiger partial charge in [-0.25, -0.2) is 0 Å². The molecule has 0 aromatic heterocycles. The van der Waals surface area contributed by atoms with Crippen molar-refractivity contribution in [2.75, 3.05) is 19.8 Å². The molecule has 4 fully saturated rings. The van der Waals surface area contributed by atoms with E-state index < -0.39 is 0 Å². The Morgan fingerprint density at radius 1 is 0.969 bits per heavy atom. The summed E-state index contributed by atoms with van der Waals surface area (Å²) in [4.78, 5) is 0. The number of fused-ring (bicyclic) bond motifs is 5. The Bertz CT molecular complexity index is 704. The minimum atomic E-state index is 0.0449. The van der Waals surface area contributed by atoms with Crippen molar-refractivity contribution in [1.82, 2.24) is 0 Å². The third-order valence-corrected chi connectivity index (χ3v) is 11.8. The molecule has 3 saturated carbocycles. The van der Waals surface area contributed by atoms with E-state index in [0.717, 1.165) is 56.3 Å². The normalized spacial score (nSPS) is 44.4. The molecule has 0 spiro atoms. The molecule has 4 aliphatic carbocycles. The number of hydrogen-bond donors (Lipinski definition) is 0. The molecule has 0 aromatic carbocycles. The van der Waals surface area contributed by atoms with Gasteiger partial charge < -0.3 is 9.47 Å². The summed E-state index contributed by atoms with van der Waals surface area (Å²) in [5.41, 5.74) is 2.95. The molecular formula is C30H50O2. The molecule has 5 aliphatic rings. The van der Waals surface area contributed by atoms with Gasteiger partial charge in [-0.15, -0.1) is 0 Å². The molecule has 1 saturated heterocycles. The van der Waals surface area contributed by atoms with Gasteiger partial charge in [0, 0.05) is 26.1 Å². The maximum Gasteiger partial charge on any atom is 0.0749 e. The SMILES string of the molecule is CC(COC1(C(C)C)CCOCC1)C1CCC2C3CC=C4CCCCC4(C)C3CCC12C. The van der Waals surface area contributed by atoms with Gasteiger partial charge in [-0.1, -0.05) is 52.7 Å². The second kappa shape index (κ2) is 8.71. The Morgan fingerprint density at radius 2 is 1.75 bits per heavy atom. The van der Waals surface area contributed by atoms with Gasteiger partial charge in [0.15, 0.2) is 0 Å². The summed E-state index contributed by atoms with van der Waals surface area (Å²) in [6.45, 7) is 15.2. The number of hydrogen-bond acceptors (Lipinski definition) is 2. The molecule has 7 unspecified atom stereocenters. The van der Waals surface area contributed by atoms with Gasteiger partial charge in [-0.05, 0) is 97.7 Å². The Balaban J connectivity index is 1.29. The predicted molar refractivity (Wildman–Crippen MR) is 133 cm³/mol. The van der Waals surface area contributed by atoms with Crippen LogP contribution in [0, 0.1) is 46.3 Å². The first kappa shape index (κ1) is 23.4. The molecule has 0 amide bonds. The monoisotopic (exact) mass is 442 g/mol. The molecular weight excluding hydrogens is 392 g/mol. The molecule has 1 heterocycles. The fourth-order valence-corrected chi connectivity index (χ4v) is 9.69. The van der Waals surface area contributed by atoms with Crippen molar-refractivity contribution in [1.29, 1.82) is 0 Å². The van der Waals surface area contributed by atoms with Gasteiger partial charge in [0.25, 0.3) is 0 Å². The molecule has 0 bridgehead atoms. The van der Waals surface area contributed by atoms with Gasteiger partial charge in [0.1, 0.15) is 0 Å². The van der Waals surface area contributed by atoms with Gasteiger partial charge in [-0.3, -0.25) is 0 Å². The topological polar surface area (TPSA) is 18.5 Å². The van der Waals surface area contributed by atoms with E-state index in [1.54, 1.807) is 0 Å². The number of allylic oxidation sites excluding steroid dienone is 2. The molecule has 2 nitrogen and oxygen atoms in total. The van der Waals surface area contributed by atoms with Gasteiger partial charge in [0.05, 0.1) is 12.2 Å². The van der Waals surface area contributed by atoms with Crippen molar-refractivity contribution in [3.05, 3.63) is 11.6 Å². The first-order valence-corrected chi connectivity index (χ1v) is 14.2. The van der Waals surface area contributed by atoms with Crippen LogP contribution in [0.4, 0.5) is 0 Å². The standard InChI is InChI=1S/C30H50O2/c1-21(2)30(16-18-31-19-17-30)32-20-22(3)25-11-12-26-24-10-9-23-8-6-7-14-28(23,4)27(24)13-15-29(25,26)5/h9,21-22,24-27H,6-8,10-20H2,1-5H3. The molecule has 7 atom stereocenters. The van der Waals surface area contributed by atoms with Crippen LogP contribution in [0.1, 0.15) is 105 Å². The lowest BCUT2D eigenvalue weighted by atomic mass is 9.47. The quantitative estimate of drug-likeness (QED) is 0.404. The summed E-state index contributed by atoms with van der Waals surface area (Å²) in [6, 6.07) is 0. The lowest BCUT2D eigenvalue weighted by Gasteiger charge is -2.58. The predicted octanol–water partition coefficient (Wildman–Crippen LogP) is 7.81. The largest absolute Gasteiger partial charge is 0.381 e. The van der Waals surface area contributed by atoms with Crippen LogP contribution in [0.15, 0.2) is 11.6 Å². The van der Waals surface area contributed by atoms with E-state index in [4.69, 9.17) is 9.47 Å². The Morgan fingerprint density at radius 3 is 2.50 bits per heavy atom. The fourth-order valence-electron chi connectivity index (χ4n) is 9.69. The zero-order valence-corrected chi connectivity index (χ0v) is 21.8. The summed E-state index contributed by atoms with van der Waals surface area (Å²) < 4.78 is 12.5. The average molecular weight is 443 g/mol. The van der Waals surface area contributed by atoms with E-state index in [2.05, 4.69) is 40.7 Å². The lowest BCUT2D eigenvalue weighted by molar-refractivity contribution is -0.151. The third kappa shape index (κ3) is 3.65. The number of rotatable bonds is 5. The molecule has 182 valence electrons. The fraction of sp³-hybridized carbons (Fsp3) is 0.933. The van der Waals surface area contributed by atoms with Crippen molar-refractivity contribution >= 4 is 0 Å². The highest BCUT2D eigenvalue weighted by atomic mass is 16.5. The molecule has 0 N–H and O–H groups in total. The Labute approximate surface area is 198 Å². The molecule has 5 rings (SSSR count). The van der Waals surface area contributed by atoms with Crippen LogP contribution in [-0.4, -0.2) is 25.4 Å². The van der Waals surface area contributed by atoms with Crippen molar-refractivity contribution < 1.29 is 9.47 Å². The van der Waals surface area contributed by atoms with Crippen LogP contribution in [0.2, 0.25) is 0 Å². The second-order valence-electron chi connectivity index (χ2n) is 13.3. The molecule has 32 heavy (non-hydrogen) atoms. The van der Waals surface area contributed by atoms with E-state index >= 15 is 0 Å². The minimum absolute atomic E-state index is 0.0449. The second-order valence-corrected chi connectivity index (χ2v) is 13.3. The van der Waals surface area contributed by atoms with Crippen LogP contribution in [0.25, 0.3) is 0 Å². The summed E-state index contributed by atoms with van der Waals surface area (Å²) in [6.07, 6.45) is 17.8. The summed E-state index contributed by atoms with van der Waals surface area (Å²) in [7, 11) is 0. The van der Waals surface area contributed by atoms with Gasteiger partial charge >= 0.3 is 0 Å². The zero-order valence-electron chi connectivity index (χ0n) is 21.8. The van der Waals surface area contributed by atoms with Crippen molar-refractivity contribution in [3.63, 3.8) is 0 Å². The van der Waals surface area contributed by atoms with E-state index in [0.29, 0.717) is 22.7 Å². The van der Waals surface area contributed by atoms with Gasteiger partial charge in [-0.2, -0.15) is 0 Å². The Kier molecular flexibility index (Phi) is 6.37. The third-order valence-electron chi connectivity index (χ3n) is 11.8. The van der Waals surface area contributed by atoms with Crippen molar-refractivity contribution in [2.45, 2.75) is 111 Å². The molecule has 0 aromatic rings. The van der Waals surface area contributed by atoms with Crippen molar-refractivity contribution in [3.8, 4) is 0 Å². The maximum absolute atomic E-state index is 6.83. The highest BCUT2D eigenvalue weighted by molar-refractivity contribution is 5.24. The summed E-state index contributed by atoms with van der Waals surface area (Å²) >= 11 is 0. The summed E-state index contributed by atoms with van der Waals surface area (Å²) in [5.74, 6) is 4.91. The van der Waals surface area contributed by atoms with E-state index in [1.165, 1.54) is 57.8 Å². The minimum Gasteiger partial charge on any atom is -0.381 e. The van der Waals surface area contributed by atoms with Crippen LogP contribution in [0.3, 0.4) is 0 Å². The van der Waals surface area contributed by atoms with Crippen LogP contribution < -0.4 is 0 Å². The molecule has 2 heteroatoms. The van der Waals surface area contributed by atoms with E-state index in [-0.39, 0.29) is 5.60 Å². The zero-order chi connectivity index (χ0) is 22.6. The van der Waals surface area contributed by atoms with E-state index in [1.807, 2.05) is 5.57 Å². The first-order chi connectivity index (χ1) is 15.3. The molecule has 0 radical (unpaired) electrons. The highest BCUT2D eigenvalue weighted by Crippen LogP contribution is 2.67. The first-order valence-electron chi connectivity index (χ1n) is 14.2. The summed E-state index contributed by atoms with van der Waals surface area (Å²) in [5, 5.41) is 0. The highest BCUT2D eigenvalue weighted by Gasteiger charge is 2.58. The van der Waals surface area contributed by atoms with Crippen LogP contribution in [-0.2, 0) is 9.47 Å². The number of ether oxygens (including phenoxy) is 2. The van der Waals surface area contributed by atoms with Crippen molar-refractivity contribution in [2.24, 2.45) is 46.3 Å². The van der Waals surface area contributed by atoms with Crippen LogP contribution >= 0.6 is 0 Å². The van der Waals surface area contributed by atoms with Crippen LogP contribution in [0.5, 0.6) is 0 Å². The van der Waals surface area contributed by atoms with E-state index in [9.17, 15) is 0 Å². The lowest BCUT2D eigenvalue weighted by Crippen LogP contribution is -2.50.